The van der Waals surface area contributed by atoms with Crippen LogP contribution >= 0.6 is 0 Å². The van der Waals surface area contributed by atoms with E-state index in [-0.39, 0.29) is 11.4 Å². The Balaban J connectivity index is 2.14. The molecular formula is C21H16F3N3O3. The molecule has 6 nitrogen and oxygen atoms in total. The number of ether oxygens (including phenoxy) is 1. The number of aromatic nitrogens is 1. The van der Waals surface area contributed by atoms with Crippen LogP contribution in [-0.2, 0) is 6.18 Å². The topological polar surface area (TPSA) is 94.3 Å². The maximum Gasteiger partial charge on any atom is 0.417 e. The van der Waals surface area contributed by atoms with Crippen LogP contribution in [0.15, 0.2) is 60.8 Å². The Morgan fingerprint density at radius 1 is 1.00 bits per heavy atom. The Morgan fingerprint density at radius 3 is 2.30 bits per heavy atom. The van der Waals surface area contributed by atoms with Gasteiger partial charge in [0.1, 0.15) is 5.75 Å². The monoisotopic (exact) mass is 415 g/mol. The fourth-order valence-electron chi connectivity index (χ4n) is 2.80. The van der Waals surface area contributed by atoms with Gasteiger partial charge >= 0.3 is 6.18 Å². The summed E-state index contributed by atoms with van der Waals surface area (Å²) in [7, 11) is 0. The fraction of sp³-hybridized carbons (Fsp3) is 0.0952. The van der Waals surface area contributed by atoms with Crippen molar-refractivity contribution < 1.29 is 27.5 Å². The number of benzene rings is 2. The quantitative estimate of drug-likeness (QED) is 0.284. The highest BCUT2D eigenvalue weighted by Crippen LogP contribution is 2.36. The number of halogens is 3. The Kier molecular flexibility index (Phi) is 5.84. The number of carbonyl (C=O) groups is 2. The number of carbonyl (C=O) groups excluding carboxylic acids is 2. The lowest BCUT2D eigenvalue weighted by molar-refractivity contribution is -0.137. The normalized spacial score (nSPS) is 11.1. The van der Waals surface area contributed by atoms with E-state index in [1.165, 1.54) is 18.3 Å². The number of hydrazine groups is 1. The smallest absolute Gasteiger partial charge is 0.417 e. The van der Waals surface area contributed by atoms with Crippen LogP contribution in [-0.4, -0.2) is 16.7 Å². The zero-order valence-corrected chi connectivity index (χ0v) is 15.7. The highest BCUT2D eigenvalue weighted by atomic mass is 19.4. The van der Waals surface area contributed by atoms with Crippen molar-refractivity contribution >= 4 is 11.7 Å². The van der Waals surface area contributed by atoms with Crippen LogP contribution in [0.5, 0.6) is 11.6 Å². The summed E-state index contributed by atoms with van der Waals surface area (Å²) < 4.78 is 46.4. The van der Waals surface area contributed by atoms with E-state index >= 15 is 0 Å². The molecule has 9 heteroatoms. The second-order valence-electron chi connectivity index (χ2n) is 6.30. The minimum Gasteiger partial charge on any atom is -0.438 e. The number of rotatable bonds is 5. The van der Waals surface area contributed by atoms with E-state index in [0.29, 0.717) is 5.75 Å². The number of hydrogen-bond donors (Lipinski definition) is 2. The molecule has 1 amide bonds. The molecule has 0 saturated carbocycles. The summed E-state index contributed by atoms with van der Waals surface area (Å²) in [5.41, 5.74) is -0.121. The number of hydrogen-bond acceptors (Lipinski definition) is 5. The summed E-state index contributed by atoms with van der Waals surface area (Å²) in [5, 5.41) is 0. The van der Waals surface area contributed by atoms with Crippen LogP contribution < -0.4 is 16.0 Å². The summed E-state index contributed by atoms with van der Waals surface area (Å²) in [6.45, 7) is 1.87. The SMILES string of the molecule is Cc1ccc(Oc2ncccc2C(=O)c2c(C(=O)NN)cccc2C(F)(F)F)cc1. The van der Waals surface area contributed by atoms with Crippen molar-refractivity contribution in [2.75, 3.05) is 0 Å². The molecule has 1 aromatic heterocycles. The second-order valence-corrected chi connectivity index (χ2v) is 6.30. The molecule has 0 aliphatic rings. The van der Waals surface area contributed by atoms with Crippen molar-refractivity contribution in [2.45, 2.75) is 13.1 Å². The van der Waals surface area contributed by atoms with Crippen LogP contribution in [0.1, 0.15) is 37.4 Å². The minimum atomic E-state index is -4.88. The molecule has 0 radical (unpaired) electrons. The van der Waals surface area contributed by atoms with Crippen molar-refractivity contribution in [2.24, 2.45) is 5.84 Å². The highest BCUT2D eigenvalue weighted by molar-refractivity contribution is 6.17. The van der Waals surface area contributed by atoms with Crippen LogP contribution in [0.3, 0.4) is 0 Å². The standard InChI is InChI=1S/C21H16F3N3O3/c1-12-7-9-13(10-8-12)30-20-15(5-3-11-26-20)18(28)17-14(19(29)27-25)4-2-6-16(17)21(22,23)24/h2-11H,25H2,1H3,(H,27,29). The van der Waals surface area contributed by atoms with Gasteiger partial charge in [0.05, 0.1) is 16.7 Å². The third kappa shape index (κ3) is 4.31. The summed E-state index contributed by atoms with van der Waals surface area (Å²) in [4.78, 5) is 29.2. The van der Waals surface area contributed by atoms with E-state index in [1.807, 2.05) is 6.92 Å². The van der Waals surface area contributed by atoms with Gasteiger partial charge in [0.15, 0.2) is 5.78 Å². The first-order valence-corrected chi connectivity index (χ1v) is 8.67. The van der Waals surface area contributed by atoms with Gasteiger partial charge in [-0.15, -0.1) is 0 Å². The molecule has 154 valence electrons. The lowest BCUT2D eigenvalue weighted by atomic mass is 9.93. The van der Waals surface area contributed by atoms with E-state index in [1.54, 1.807) is 29.7 Å². The Bertz CT molecular complexity index is 1100. The Labute approximate surface area is 169 Å². The first-order valence-electron chi connectivity index (χ1n) is 8.67. The number of nitrogen functional groups attached to an aromatic ring is 1. The number of nitrogens with two attached hydrogens (primary N) is 1. The number of alkyl halides is 3. The van der Waals surface area contributed by atoms with Gasteiger partial charge in [-0.2, -0.15) is 13.2 Å². The molecule has 0 fully saturated rings. The van der Waals surface area contributed by atoms with Crippen molar-refractivity contribution in [3.05, 3.63) is 88.6 Å². The molecule has 0 aliphatic carbocycles. The van der Waals surface area contributed by atoms with Gasteiger partial charge in [-0.3, -0.25) is 15.0 Å². The first-order chi connectivity index (χ1) is 14.2. The number of amides is 1. The third-order valence-corrected chi connectivity index (χ3v) is 4.22. The average Bonchev–Trinajstić information content (AvgIpc) is 2.73. The average molecular weight is 415 g/mol. The maximum absolute atomic E-state index is 13.6. The Hall–Kier alpha value is -3.72. The van der Waals surface area contributed by atoms with Gasteiger partial charge in [-0.25, -0.2) is 10.8 Å². The van der Waals surface area contributed by atoms with E-state index in [9.17, 15) is 22.8 Å². The molecule has 2 aromatic carbocycles. The molecule has 30 heavy (non-hydrogen) atoms. The summed E-state index contributed by atoms with van der Waals surface area (Å²) in [6, 6.07) is 12.3. The van der Waals surface area contributed by atoms with Crippen molar-refractivity contribution in [1.82, 2.24) is 10.4 Å². The van der Waals surface area contributed by atoms with E-state index < -0.39 is 34.6 Å². The molecular weight excluding hydrogens is 399 g/mol. The predicted molar refractivity (Wildman–Crippen MR) is 102 cm³/mol. The lowest BCUT2D eigenvalue weighted by Gasteiger charge is -2.16. The van der Waals surface area contributed by atoms with Gasteiger partial charge in [0, 0.05) is 11.8 Å². The number of nitrogens with one attached hydrogen (secondary N) is 1. The fourth-order valence-corrected chi connectivity index (χ4v) is 2.80. The van der Waals surface area contributed by atoms with Crippen molar-refractivity contribution in [3.63, 3.8) is 0 Å². The van der Waals surface area contributed by atoms with Crippen molar-refractivity contribution in [3.8, 4) is 11.6 Å². The molecule has 0 bridgehead atoms. The lowest BCUT2D eigenvalue weighted by Crippen LogP contribution is -2.32. The molecule has 0 spiro atoms. The zero-order chi connectivity index (χ0) is 21.9. The van der Waals surface area contributed by atoms with Gasteiger partial charge in [-0.05, 0) is 43.3 Å². The molecule has 1 heterocycles. The highest BCUT2D eigenvalue weighted by Gasteiger charge is 2.38. The molecule has 3 N–H and O–H groups in total. The number of nitrogens with zero attached hydrogens (tertiary/aromatic N) is 1. The maximum atomic E-state index is 13.6. The van der Waals surface area contributed by atoms with Gasteiger partial charge < -0.3 is 4.74 Å². The van der Waals surface area contributed by atoms with E-state index in [0.717, 1.165) is 23.8 Å². The van der Waals surface area contributed by atoms with Crippen LogP contribution in [0.4, 0.5) is 13.2 Å². The second kappa shape index (κ2) is 8.34. The summed E-state index contributed by atoms with van der Waals surface area (Å²) in [5.74, 6) is 3.13. The predicted octanol–water partition coefficient (Wildman–Crippen LogP) is 4.04. The molecule has 3 aromatic rings. The van der Waals surface area contributed by atoms with Crippen LogP contribution in [0, 0.1) is 6.92 Å². The van der Waals surface area contributed by atoms with Crippen LogP contribution in [0.25, 0.3) is 0 Å². The molecule has 0 aliphatic heterocycles. The van der Waals surface area contributed by atoms with Crippen LogP contribution in [0.2, 0.25) is 0 Å². The van der Waals surface area contributed by atoms with E-state index in [2.05, 4.69) is 4.98 Å². The zero-order valence-electron chi connectivity index (χ0n) is 15.7. The molecule has 0 unspecified atom stereocenters. The van der Waals surface area contributed by atoms with Gasteiger partial charge in [-0.1, -0.05) is 23.8 Å². The van der Waals surface area contributed by atoms with E-state index in [4.69, 9.17) is 10.6 Å². The van der Waals surface area contributed by atoms with Gasteiger partial charge in [0.2, 0.25) is 5.88 Å². The van der Waals surface area contributed by atoms with Crippen molar-refractivity contribution in [1.29, 1.82) is 0 Å². The van der Waals surface area contributed by atoms with Gasteiger partial charge in [0.25, 0.3) is 5.91 Å². The largest absolute Gasteiger partial charge is 0.438 e. The molecule has 0 atom stereocenters. The minimum absolute atomic E-state index is 0.192. The summed E-state index contributed by atoms with van der Waals surface area (Å²) in [6.07, 6.45) is -3.54. The summed E-state index contributed by atoms with van der Waals surface area (Å²) >= 11 is 0. The Morgan fingerprint density at radius 2 is 1.67 bits per heavy atom. The third-order valence-electron chi connectivity index (χ3n) is 4.22. The number of aryl methyl sites for hydroxylation is 1. The number of pyridine rings is 1. The first kappa shape index (κ1) is 21.0. The molecule has 0 saturated heterocycles. The molecule has 3 rings (SSSR count). The number of ketones is 1.